The second-order valence-electron chi connectivity index (χ2n) is 8.07. The summed E-state index contributed by atoms with van der Waals surface area (Å²) in [7, 11) is 3.56. The molecule has 4 aliphatic rings. The Kier molecular flexibility index (Phi) is 2.84. The number of rotatable bonds is 1. The smallest absolute Gasteiger partial charge is 0.177 e. The van der Waals surface area contributed by atoms with Gasteiger partial charge in [0.05, 0.1) is 18.6 Å². The van der Waals surface area contributed by atoms with E-state index in [-0.39, 0.29) is 24.2 Å². The fourth-order valence-corrected chi connectivity index (χ4v) is 6.26. The fraction of sp³-hybridized carbons (Fsp3) is 0.632. The van der Waals surface area contributed by atoms with E-state index in [9.17, 15) is 15.0 Å². The zero-order valence-corrected chi connectivity index (χ0v) is 14.7. The molecule has 0 aromatic heterocycles. The van der Waals surface area contributed by atoms with Crippen LogP contribution in [-0.4, -0.2) is 65.4 Å². The molecule has 1 saturated heterocycles. The molecule has 2 bridgehead atoms. The number of benzene rings is 1. The number of piperidine rings is 1. The Morgan fingerprint density at radius 3 is 2.84 bits per heavy atom. The highest BCUT2D eigenvalue weighted by atomic mass is 16.5. The summed E-state index contributed by atoms with van der Waals surface area (Å²) in [6.45, 7) is 2.78. The number of Topliss-reactive ketones (excluding diaryl/α,β-unsaturated/α-hetero) is 1. The summed E-state index contributed by atoms with van der Waals surface area (Å²) in [5, 5.41) is 22.8. The van der Waals surface area contributed by atoms with Crippen LogP contribution in [0.2, 0.25) is 0 Å². The SMILES string of the molecule is COc1ccc2c3c1OC1C(=O)CC(O)C4(O)C(C2)N(C)CC(C)C314. The van der Waals surface area contributed by atoms with Gasteiger partial charge in [0.25, 0.3) is 0 Å². The number of nitrogens with zero attached hydrogens (tertiary/aromatic N) is 1. The first-order valence-corrected chi connectivity index (χ1v) is 8.87. The molecule has 2 aliphatic heterocycles. The van der Waals surface area contributed by atoms with Gasteiger partial charge in [-0.1, -0.05) is 13.0 Å². The second kappa shape index (κ2) is 4.55. The Morgan fingerprint density at radius 2 is 2.12 bits per heavy atom. The number of aliphatic hydroxyl groups excluding tert-OH is 1. The molecule has 2 fully saturated rings. The average Bonchev–Trinajstić information content (AvgIpc) is 2.94. The van der Waals surface area contributed by atoms with Crippen molar-refractivity contribution in [3.63, 3.8) is 0 Å². The molecule has 6 unspecified atom stereocenters. The number of carbonyl (C=O) groups excluding carboxylic acids is 1. The fourth-order valence-electron chi connectivity index (χ4n) is 6.26. The van der Waals surface area contributed by atoms with Gasteiger partial charge in [-0.2, -0.15) is 0 Å². The van der Waals surface area contributed by atoms with Crippen molar-refractivity contribution in [3.8, 4) is 11.5 Å². The molecule has 134 valence electrons. The molecule has 0 amide bonds. The zero-order valence-electron chi connectivity index (χ0n) is 14.7. The number of aliphatic hydroxyl groups is 2. The van der Waals surface area contributed by atoms with Crippen LogP contribution in [0.3, 0.4) is 0 Å². The molecule has 6 atom stereocenters. The summed E-state index contributed by atoms with van der Waals surface area (Å²) in [4.78, 5) is 15.0. The summed E-state index contributed by atoms with van der Waals surface area (Å²) in [6, 6.07) is 3.63. The van der Waals surface area contributed by atoms with Crippen LogP contribution in [0.1, 0.15) is 24.5 Å². The minimum atomic E-state index is -1.41. The molecule has 1 spiro atoms. The van der Waals surface area contributed by atoms with E-state index in [0.717, 1.165) is 17.7 Å². The van der Waals surface area contributed by atoms with Gasteiger partial charge in [-0.3, -0.25) is 9.69 Å². The van der Waals surface area contributed by atoms with Crippen LogP contribution in [0, 0.1) is 5.92 Å². The molecule has 6 heteroatoms. The zero-order chi connectivity index (χ0) is 17.7. The number of ketones is 1. The summed E-state index contributed by atoms with van der Waals surface area (Å²) in [6.07, 6.45) is -1.32. The molecule has 6 nitrogen and oxygen atoms in total. The van der Waals surface area contributed by atoms with E-state index >= 15 is 0 Å². The number of hydrogen-bond donors (Lipinski definition) is 2. The van der Waals surface area contributed by atoms with Crippen molar-refractivity contribution >= 4 is 5.78 Å². The second-order valence-corrected chi connectivity index (χ2v) is 8.07. The predicted octanol–water partition coefficient (Wildman–Crippen LogP) is 0.265. The maximum Gasteiger partial charge on any atom is 0.177 e. The third-order valence-electron chi connectivity index (χ3n) is 7.14. The van der Waals surface area contributed by atoms with Crippen molar-refractivity contribution in [1.29, 1.82) is 0 Å². The van der Waals surface area contributed by atoms with Crippen LogP contribution < -0.4 is 9.47 Å². The van der Waals surface area contributed by atoms with Gasteiger partial charge in [-0.15, -0.1) is 0 Å². The standard InChI is InChI=1S/C19H23NO5/c1-9-8-20(2)13-6-10-4-5-12(24-3)16-15(10)18(9)17(25-16)11(21)7-14(22)19(13,18)23/h4-5,9,13-14,17,22-23H,6-8H2,1-3H3. The molecular formula is C19H23NO5. The van der Waals surface area contributed by atoms with E-state index in [1.54, 1.807) is 7.11 Å². The topological polar surface area (TPSA) is 79.2 Å². The monoisotopic (exact) mass is 345 g/mol. The molecule has 2 heterocycles. The van der Waals surface area contributed by atoms with E-state index in [4.69, 9.17) is 9.47 Å². The lowest BCUT2D eigenvalue weighted by molar-refractivity contribution is -0.240. The average molecular weight is 345 g/mol. The van der Waals surface area contributed by atoms with E-state index in [2.05, 4.69) is 4.90 Å². The maximum atomic E-state index is 12.8. The van der Waals surface area contributed by atoms with Gasteiger partial charge in [0.15, 0.2) is 23.4 Å². The molecule has 5 rings (SSSR count). The van der Waals surface area contributed by atoms with Crippen molar-refractivity contribution in [2.24, 2.45) is 5.92 Å². The number of carbonyl (C=O) groups is 1. The lowest BCUT2D eigenvalue weighted by atomic mass is 9.45. The Balaban J connectivity index is 1.91. The Morgan fingerprint density at radius 1 is 1.36 bits per heavy atom. The molecule has 1 aromatic rings. The molecule has 1 aromatic carbocycles. The van der Waals surface area contributed by atoms with E-state index in [1.165, 1.54) is 0 Å². The highest BCUT2D eigenvalue weighted by Gasteiger charge is 2.77. The molecule has 2 N–H and O–H groups in total. The van der Waals surface area contributed by atoms with Crippen LogP contribution in [0.25, 0.3) is 0 Å². The van der Waals surface area contributed by atoms with Gasteiger partial charge >= 0.3 is 0 Å². The van der Waals surface area contributed by atoms with Crippen molar-refractivity contribution in [3.05, 3.63) is 23.3 Å². The van der Waals surface area contributed by atoms with Crippen LogP contribution in [-0.2, 0) is 16.6 Å². The van der Waals surface area contributed by atoms with Gasteiger partial charge < -0.3 is 19.7 Å². The minimum absolute atomic E-state index is 0.0462. The summed E-state index contributed by atoms with van der Waals surface area (Å²) in [5.74, 6) is 0.964. The molecule has 25 heavy (non-hydrogen) atoms. The van der Waals surface area contributed by atoms with Gasteiger partial charge in [0, 0.05) is 24.6 Å². The van der Waals surface area contributed by atoms with E-state index < -0.39 is 23.2 Å². The van der Waals surface area contributed by atoms with Gasteiger partial charge in [-0.25, -0.2) is 0 Å². The first kappa shape index (κ1) is 15.6. The number of likely N-dealkylation sites (tertiary alicyclic amines) is 1. The highest BCUT2D eigenvalue weighted by molar-refractivity contribution is 5.91. The van der Waals surface area contributed by atoms with Crippen molar-refractivity contribution < 1.29 is 24.5 Å². The van der Waals surface area contributed by atoms with Crippen molar-refractivity contribution in [2.45, 2.75) is 49.0 Å². The third-order valence-corrected chi connectivity index (χ3v) is 7.14. The molecule has 2 aliphatic carbocycles. The third kappa shape index (κ3) is 1.44. The number of ether oxygens (including phenoxy) is 2. The largest absolute Gasteiger partial charge is 0.493 e. The first-order chi connectivity index (χ1) is 11.9. The van der Waals surface area contributed by atoms with Gasteiger partial charge in [0.2, 0.25) is 0 Å². The minimum Gasteiger partial charge on any atom is -0.493 e. The van der Waals surface area contributed by atoms with Crippen LogP contribution in [0.4, 0.5) is 0 Å². The number of hydrogen-bond acceptors (Lipinski definition) is 6. The maximum absolute atomic E-state index is 12.8. The molecular weight excluding hydrogens is 322 g/mol. The van der Waals surface area contributed by atoms with Crippen LogP contribution in [0.5, 0.6) is 11.5 Å². The highest BCUT2D eigenvalue weighted by Crippen LogP contribution is 2.66. The number of likely N-dealkylation sites (N-methyl/N-ethyl adjacent to an activating group) is 1. The quantitative estimate of drug-likeness (QED) is 0.760. The lowest BCUT2D eigenvalue weighted by Crippen LogP contribution is -2.82. The summed E-state index contributed by atoms with van der Waals surface area (Å²) in [5.41, 5.74) is -0.379. The summed E-state index contributed by atoms with van der Waals surface area (Å²) >= 11 is 0. The predicted molar refractivity (Wildman–Crippen MR) is 89.0 cm³/mol. The Bertz CT molecular complexity index is 794. The van der Waals surface area contributed by atoms with Crippen molar-refractivity contribution in [1.82, 2.24) is 4.90 Å². The van der Waals surface area contributed by atoms with Crippen LogP contribution in [0.15, 0.2) is 12.1 Å². The molecule has 1 saturated carbocycles. The Labute approximate surface area is 146 Å². The summed E-state index contributed by atoms with van der Waals surface area (Å²) < 4.78 is 11.6. The van der Waals surface area contributed by atoms with Crippen LogP contribution >= 0.6 is 0 Å². The van der Waals surface area contributed by atoms with E-state index in [1.807, 2.05) is 26.1 Å². The van der Waals surface area contributed by atoms with Crippen molar-refractivity contribution in [2.75, 3.05) is 20.7 Å². The van der Waals surface area contributed by atoms with E-state index in [0.29, 0.717) is 17.9 Å². The Hall–Kier alpha value is -1.63. The number of methoxy groups -OCH3 is 1. The lowest BCUT2D eigenvalue weighted by Gasteiger charge is -2.65. The van der Waals surface area contributed by atoms with Gasteiger partial charge in [0.1, 0.15) is 5.60 Å². The first-order valence-electron chi connectivity index (χ1n) is 8.87. The normalized spacial score (nSPS) is 44.3. The molecule has 0 radical (unpaired) electrons. The van der Waals surface area contributed by atoms with Gasteiger partial charge in [-0.05, 0) is 31.0 Å².